The van der Waals surface area contributed by atoms with Crippen molar-refractivity contribution in [3.8, 4) is 5.75 Å². The van der Waals surface area contributed by atoms with Crippen molar-refractivity contribution in [1.82, 2.24) is 5.32 Å². The molecule has 0 saturated heterocycles. The van der Waals surface area contributed by atoms with Crippen molar-refractivity contribution in [2.24, 2.45) is 0 Å². The predicted octanol–water partition coefficient (Wildman–Crippen LogP) is 3.87. The zero-order valence-corrected chi connectivity index (χ0v) is 13.0. The van der Waals surface area contributed by atoms with Crippen LogP contribution in [0.25, 0.3) is 11.0 Å². The Bertz CT molecular complexity index is 658. The smallest absolute Gasteiger partial charge is 0.251 e. The molecule has 1 saturated carbocycles. The summed E-state index contributed by atoms with van der Waals surface area (Å²) in [6.07, 6.45) is 2.17. The molecule has 1 amide bonds. The van der Waals surface area contributed by atoms with Gasteiger partial charge in [-0.25, -0.2) is 0 Å². The highest BCUT2D eigenvalue weighted by molar-refractivity contribution is 9.10. The first kappa shape index (κ1) is 13.5. The fourth-order valence-corrected chi connectivity index (χ4v) is 2.46. The monoisotopic (exact) mass is 337 g/mol. The Hall–Kier alpha value is -1.49. The van der Waals surface area contributed by atoms with Crippen LogP contribution in [0.15, 0.2) is 27.3 Å². The minimum absolute atomic E-state index is 0.0358. The minimum atomic E-state index is -0.0736. The van der Waals surface area contributed by atoms with Gasteiger partial charge in [-0.15, -0.1) is 0 Å². The van der Waals surface area contributed by atoms with Crippen LogP contribution < -0.4 is 10.1 Å². The first-order chi connectivity index (χ1) is 9.52. The summed E-state index contributed by atoms with van der Waals surface area (Å²) >= 11 is 3.31. The molecule has 1 fully saturated rings. The zero-order chi connectivity index (χ0) is 14.3. The molecule has 3 rings (SSSR count). The fraction of sp³-hybridized carbons (Fsp3) is 0.400. The van der Waals surface area contributed by atoms with Crippen LogP contribution in [0.5, 0.6) is 5.75 Å². The first-order valence-corrected chi connectivity index (χ1v) is 7.53. The van der Waals surface area contributed by atoms with Gasteiger partial charge in [0.2, 0.25) is 0 Å². The lowest BCUT2D eigenvalue weighted by molar-refractivity contribution is 0.0950. The molecule has 0 atom stereocenters. The number of halogens is 1. The van der Waals surface area contributed by atoms with Crippen LogP contribution >= 0.6 is 15.9 Å². The van der Waals surface area contributed by atoms with Crippen molar-refractivity contribution in [3.63, 3.8) is 0 Å². The van der Waals surface area contributed by atoms with Gasteiger partial charge in [0.15, 0.2) is 4.67 Å². The molecule has 0 bridgehead atoms. The number of furan rings is 1. The lowest BCUT2D eigenvalue weighted by atomic mass is 10.1. The lowest BCUT2D eigenvalue weighted by Gasteiger charge is -2.12. The molecule has 1 heterocycles. The van der Waals surface area contributed by atoms with E-state index in [4.69, 9.17) is 9.15 Å². The standard InChI is InChI=1S/C15H16BrNO3/c1-8(2)19-12-5-9(15(18)17-10-3-4-10)6-13-11(12)7-14(16)20-13/h5-8,10H,3-4H2,1-2H3,(H,17,18). The molecule has 20 heavy (non-hydrogen) atoms. The second kappa shape index (κ2) is 5.13. The van der Waals surface area contributed by atoms with Gasteiger partial charge in [-0.2, -0.15) is 0 Å². The third kappa shape index (κ3) is 2.82. The number of carbonyl (C=O) groups excluding carboxylic acids is 1. The first-order valence-electron chi connectivity index (χ1n) is 6.73. The Labute approximate surface area is 125 Å². The molecule has 5 heteroatoms. The van der Waals surface area contributed by atoms with Crippen molar-refractivity contribution in [2.45, 2.75) is 38.8 Å². The molecule has 4 nitrogen and oxygen atoms in total. The highest BCUT2D eigenvalue weighted by Gasteiger charge is 2.24. The second-order valence-electron chi connectivity index (χ2n) is 5.35. The molecule has 1 aromatic carbocycles. The van der Waals surface area contributed by atoms with Gasteiger partial charge >= 0.3 is 0 Å². The number of carbonyl (C=O) groups is 1. The van der Waals surface area contributed by atoms with E-state index < -0.39 is 0 Å². The molecule has 1 aromatic heterocycles. The number of hydrogen-bond acceptors (Lipinski definition) is 3. The van der Waals surface area contributed by atoms with Gasteiger partial charge in [-0.3, -0.25) is 4.79 Å². The molecule has 1 aliphatic rings. The fourth-order valence-electron chi connectivity index (χ4n) is 2.05. The van der Waals surface area contributed by atoms with E-state index in [1.54, 1.807) is 12.1 Å². The third-order valence-corrected chi connectivity index (χ3v) is 3.50. The summed E-state index contributed by atoms with van der Waals surface area (Å²) in [5, 5.41) is 3.84. The van der Waals surface area contributed by atoms with Crippen LogP contribution in [0.4, 0.5) is 0 Å². The highest BCUT2D eigenvalue weighted by Crippen LogP contribution is 2.33. The van der Waals surface area contributed by atoms with Crippen LogP contribution in [0.3, 0.4) is 0 Å². The minimum Gasteiger partial charge on any atom is -0.490 e. The van der Waals surface area contributed by atoms with Gasteiger partial charge < -0.3 is 14.5 Å². The van der Waals surface area contributed by atoms with Gasteiger partial charge in [0, 0.05) is 17.7 Å². The normalized spacial score (nSPS) is 14.8. The number of benzene rings is 1. The molecule has 1 N–H and O–H groups in total. The van der Waals surface area contributed by atoms with E-state index in [-0.39, 0.29) is 12.0 Å². The Balaban J connectivity index is 2.01. The van der Waals surface area contributed by atoms with Crippen molar-refractivity contribution in [3.05, 3.63) is 28.4 Å². The van der Waals surface area contributed by atoms with Gasteiger partial charge in [0.25, 0.3) is 5.91 Å². The number of nitrogens with one attached hydrogen (secondary N) is 1. The van der Waals surface area contributed by atoms with Crippen LogP contribution in [0, 0.1) is 0 Å². The molecular weight excluding hydrogens is 322 g/mol. The molecule has 0 aliphatic heterocycles. The van der Waals surface area contributed by atoms with Gasteiger partial charge in [0.05, 0.1) is 11.5 Å². The maximum Gasteiger partial charge on any atom is 0.251 e. The van der Waals surface area contributed by atoms with Crippen molar-refractivity contribution >= 4 is 32.8 Å². The van der Waals surface area contributed by atoms with Crippen LogP contribution in [0.2, 0.25) is 0 Å². The summed E-state index contributed by atoms with van der Waals surface area (Å²) in [7, 11) is 0. The van der Waals surface area contributed by atoms with E-state index in [0.717, 1.165) is 18.2 Å². The molecule has 0 radical (unpaired) electrons. The number of ether oxygens (including phenoxy) is 1. The molecule has 0 unspecified atom stereocenters. The SMILES string of the molecule is CC(C)Oc1cc(C(=O)NC2CC2)cc2oc(Br)cc12. The van der Waals surface area contributed by atoms with Gasteiger partial charge in [-0.05, 0) is 54.8 Å². The summed E-state index contributed by atoms with van der Waals surface area (Å²) in [5.74, 6) is 0.600. The average Bonchev–Trinajstić information content (AvgIpc) is 3.08. The van der Waals surface area contributed by atoms with E-state index >= 15 is 0 Å². The van der Waals surface area contributed by atoms with Crippen molar-refractivity contribution in [1.29, 1.82) is 0 Å². The number of amides is 1. The number of hydrogen-bond donors (Lipinski definition) is 1. The summed E-state index contributed by atoms with van der Waals surface area (Å²) < 4.78 is 12.0. The van der Waals surface area contributed by atoms with Crippen molar-refractivity contribution < 1.29 is 13.9 Å². The number of rotatable bonds is 4. The topological polar surface area (TPSA) is 51.5 Å². The quantitative estimate of drug-likeness (QED) is 0.921. The highest BCUT2D eigenvalue weighted by atomic mass is 79.9. The number of fused-ring (bicyclic) bond motifs is 1. The molecular formula is C15H16BrNO3. The second-order valence-corrected chi connectivity index (χ2v) is 6.13. The van der Waals surface area contributed by atoms with E-state index in [2.05, 4.69) is 21.2 Å². The Morgan fingerprint density at radius 1 is 1.40 bits per heavy atom. The van der Waals surface area contributed by atoms with Crippen molar-refractivity contribution in [2.75, 3.05) is 0 Å². The molecule has 0 spiro atoms. The maximum atomic E-state index is 12.2. The van der Waals surface area contributed by atoms with E-state index in [1.165, 1.54) is 0 Å². The van der Waals surface area contributed by atoms with E-state index in [9.17, 15) is 4.79 Å². The van der Waals surface area contributed by atoms with Gasteiger partial charge in [0.1, 0.15) is 11.3 Å². The van der Waals surface area contributed by atoms with Crippen LogP contribution in [0.1, 0.15) is 37.0 Å². The van der Waals surface area contributed by atoms with Crippen LogP contribution in [-0.4, -0.2) is 18.1 Å². The predicted molar refractivity (Wildman–Crippen MR) is 80.2 cm³/mol. The van der Waals surface area contributed by atoms with Crippen LogP contribution in [-0.2, 0) is 0 Å². The van der Waals surface area contributed by atoms with E-state index in [0.29, 0.717) is 27.6 Å². The summed E-state index contributed by atoms with van der Waals surface area (Å²) in [6.45, 7) is 3.91. The largest absolute Gasteiger partial charge is 0.490 e. The molecule has 106 valence electrons. The Kier molecular flexibility index (Phi) is 3.46. The summed E-state index contributed by atoms with van der Waals surface area (Å²) in [4.78, 5) is 12.2. The third-order valence-electron chi connectivity index (χ3n) is 3.11. The lowest BCUT2D eigenvalue weighted by Crippen LogP contribution is -2.25. The zero-order valence-electron chi connectivity index (χ0n) is 11.4. The molecule has 2 aromatic rings. The average molecular weight is 338 g/mol. The summed E-state index contributed by atoms with van der Waals surface area (Å²) in [6, 6.07) is 5.72. The maximum absolute atomic E-state index is 12.2. The molecule has 1 aliphatic carbocycles. The Morgan fingerprint density at radius 2 is 2.15 bits per heavy atom. The summed E-state index contributed by atoms with van der Waals surface area (Å²) in [5.41, 5.74) is 1.22. The Morgan fingerprint density at radius 3 is 2.80 bits per heavy atom. The van der Waals surface area contributed by atoms with Gasteiger partial charge in [-0.1, -0.05) is 0 Å². The van der Waals surface area contributed by atoms with E-state index in [1.807, 2.05) is 19.9 Å².